The van der Waals surface area contributed by atoms with Gasteiger partial charge < -0.3 is 4.74 Å². The molecule has 0 unspecified atom stereocenters. The van der Waals surface area contributed by atoms with Gasteiger partial charge >= 0.3 is 5.97 Å². The van der Waals surface area contributed by atoms with E-state index in [0.717, 1.165) is 6.20 Å². The Hall–Kier alpha value is -0.560. The van der Waals surface area contributed by atoms with Crippen molar-refractivity contribution in [3.8, 4) is 0 Å². The van der Waals surface area contributed by atoms with Crippen LogP contribution in [0.4, 0.5) is 8.78 Å². The summed E-state index contributed by atoms with van der Waals surface area (Å²) in [5, 5.41) is 0. The molecule has 0 saturated heterocycles. The molecule has 0 aliphatic carbocycles. The standard InChI is InChI=1S/C9H7Br2F2NO2/c1-2-16-9(15)4-3-14-7(8(12)13)6(11)5(4)10/h3,8H,2H2,1H3. The lowest BCUT2D eigenvalue weighted by atomic mass is 10.2. The van der Waals surface area contributed by atoms with Gasteiger partial charge in [-0.05, 0) is 38.8 Å². The molecule has 0 aromatic carbocycles. The average Bonchev–Trinajstić information content (AvgIpc) is 2.21. The Morgan fingerprint density at radius 2 is 2.12 bits per heavy atom. The van der Waals surface area contributed by atoms with E-state index in [4.69, 9.17) is 4.74 Å². The third-order valence-electron chi connectivity index (χ3n) is 1.69. The van der Waals surface area contributed by atoms with Crippen LogP contribution in [-0.2, 0) is 4.74 Å². The number of carbonyl (C=O) groups excluding carboxylic acids is 1. The Kier molecular flexibility index (Phi) is 4.79. The molecule has 0 aliphatic rings. The van der Waals surface area contributed by atoms with Gasteiger partial charge in [0.25, 0.3) is 6.43 Å². The monoisotopic (exact) mass is 357 g/mol. The number of halogens is 4. The van der Waals surface area contributed by atoms with E-state index in [-0.39, 0.29) is 21.1 Å². The minimum atomic E-state index is -2.71. The van der Waals surface area contributed by atoms with Crippen LogP contribution in [0.25, 0.3) is 0 Å². The highest BCUT2D eigenvalue weighted by molar-refractivity contribution is 9.13. The molecular weight excluding hydrogens is 352 g/mol. The highest BCUT2D eigenvalue weighted by atomic mass is 79.9. The lowest BCUT2D eigenvalue weighted by Gasteiger charge is -2.08. The highest BCUT2D eigenvalue weighted by Crippen LogP contribution is 2.33. The summed E-state index contributed by atoms with van der Waals surface area (Å²) in [6, 6.07) is 0. The van der Waals surface area contributed by atoms with Crippen LogP contribution in [0.2, 0.25) is 0 Å². The van der Waals surface area contributed by atoms with Crippen molar-refractivity contribution in [2.75, 3.05) is 6.61 Å². The van der Waals surface area contributed by atoms with Crippen molar-refractivity contribution in [3.63, 3.8) is 0 Å². The van der Waals surface area contributed by atoms with Gasteiger partial charge in [0, 0.05) is 10.7 Å². The van der Waals surface area contributed by atoms with Crippen LogP contribution in [0.5, 0.6) is 0 Å². The molecule has 0 aliphatic heterocycles. The molecule has 0 spiro atoms. The van der Waals surface area contributed by atoms with Crippen LogP contribution in [0.15, 0.2) is 15.1 Å². The molecule has 0 radical (unpaired) electrons. The molecule has 0 N–H and O–H groups in total. The van der Waals surface area contributed by atoms with E-state index < -0.39 is 18.1 Å². The molecule has 1 heterocycles. The molecule has 0 atom stereocenters. The summed E-state index contributed by atoms with van der Waals surface area (Å²) >= 11 is 6.00. The first-order chi connectivity index (χ1) is 7.49. The Balaban J connectivity index is 3.16. The number of hydrogen-bond donors (Lipinski definition) is 0. The van der Waals surface area contributed by atoms with Gasteiger partial charge in [-0.15, -0.1) is 0 Å². The van der Waals surface area contributed by atoms with E-state index in [0.29, 0.717) is 0 Å². The fraction of sp³-hybridized carbons (Fsp3) is 0.333. The van der Waals surface area contributed by atoms with Gasteiger partial charge in [-0.1, -0.05) is 0 Å². The van der Waals surface area contributed by atoms with E-state index in [1.807, 2.05) is 0 Å². The molecule has 1 rings (SSSR count). The van der Waals surface area contributed by atoms with Crippen molar-refractivity contribution in [1.29, 1.82) is 0 Å². The van der Waals surface area contributed by atoms with Gasteiger partial charge in [-0.3, -0.25) is 4.98 Å². The molecule has 0 fully saturated rings. The van der Waals surface area contributed by atoms with Crippen molar-refractivity contribution in [3.05, 3.63) is 26.4 Å². The van der Waals surface area contributed by atoms with E-state index in [9.17, 15) is 13.6 Å². The zero-order valence-corrected chi connectivity index (χ0v) is 11.3. The van der Waals surface area contributed by atoms with Crippen LogP contribution >= 0.6 is 31.9 Å². The van der Waals surface area contributed by atoms with Crippen LogP contribution in [-0.4, -0.2) is 17.6 Å². The van der Waals surface area contributed by atoms with E-state index in [1.54, 1.807) is 6.92 Å². The van der Waals surface area contributed by atoms with Gasteiger partial charge in [0.1, 0.15) is 5.69 Å². The second-order valence-electron chi connectivity index (χ2n) is 2.71. The highest BCUT2D eigenvalue weighted by Gasteiger charge is 2.21. The van der Waals surface area contributed by atoms with Crippen molar-refractivity contribution >= 4 is 37.8 Å². The fourth-order valence-corrected chi connectivity index (χ4v) is 1.94. The minimum Gasteiger partial charge on any atom is -0.462 e. The molecule has 7 heteroatoms. The number of hydrogen-bond acceptors (Lipinski definition) is 3. The Morgan fingerprint density at radius 1 is 1.50 bits per heavy atom. The first kappa shape index (κ1) is 13.5. The third-order valence-corrected chi connectivity index (χ3v) is 3.85. The molecular formula is C9H7Br2F2NO2. The topological polar surface area (TPSA) is 39.2 Å². The third kappa shape index (κ3) is 2.76. The zero-order chi connectivity index (χ0) is 12.3. The number of ether oxygens (including phenoxy) is 1. The summed E-state index contributed by atoms with van der Waals surface area (Å²) in [5.74, 6) is -0.608. The Morgan fingerprint density at radius 3 is 2.62 bits per heavy atom. The normalized spacial score (nSPS) is 10.6. The number of esters is 1. The Bertz CT molecular complexity index is 413. The first-order valence-electron chi connectivity index (χ1n) is 4.28. The van der Waals surface area contributed by atoms with Crippen molar-refractivity contribution in [2.24, 2.45) is 0 Å². The molecule has 0 amide bonds. The van der Waals surface area contributed by atoms with Crippen LogP contribution in [0, 0.1) is 0 Å². The molecule has 0 saturated carbocycles. The van der Waals surface area contributed by atoms with Crippen molar-refractivity contribution in [1.82, 2.24) is 4.98 Å². The zero-order valence-electron chi connectivity index (χ0n) is 8.14. The van der Waals surface area contributed by atoms with Crippen molar-refractivity contribution < 1.29 is 18.3 Å². The number of rotatable bonds is 3. The number of alkyl halides is 2. The van der Waals surface area contributed by atoms with Gasteiger partial charge in [0.15, 0.2) is 0 Å². The molecule has 16 heavy (non-hydrogen) atoms. The predicted molar refractivity (Wildman–Crippen MR) is 60.6 cm³/mol. The molecule has 88 valence electrons. The van der Waals surface area contributed by atoms with Crippen LogP contribution in [0.3, 0.4) is 0 Å². The maximum atomic E-state index is 12.5. The smallest absolute Gasteiger partial charge is 0.340 e. The van der Waals surface area contributed by atoms with Gasteiger partial charge in [0.2, 0.25) is 0 Å². The second-order valence-corrected chi connectivity index (χ2v) is 4.29. The Labute approximate surface area is 107 Å². The first-order valence-corrected chi connectivity index (χ1v) is 5.86. The second kappa shape index (κ2) is 5.67. The summed E-state index contributed by atoms with van der Waals surface area (Å²) in [6.45, 7) is 1.86. The quantitative estimate of drug-likeness (QED) is 0.773. The number of nitrogens with zero attached hydrogens (tertiary/aromatic N) is 1. The van der Waals surface area contributed by atoms with E-state index in [2.05, 4.69) is 36.8 Å². The van der Waals surface area contributed by atoms with Crippen LogP contribution in [0.1, 0.15) is 29.4 Å². The summed E-state index contributed by atoms with van der Waals surface area (Å²) in [5.41, 5.74) is -0.307. The molecule has 3 nitrogen and oxygen atoms in total. The predicted octanol–water partition coefficient (Wildman–Crippen LogP) is 3.72. The van der Waals surface area contributed by atoms with Gasteiger partial charge in [-0.25, -0.2) is 13.6 Å². The van der Waals surface area contributed by atoms with Gasteiger partial charge in [-0.2, -0.15) is 0 Å². The maximum Gasteiger partial charge on any atom is 0.340 e. The number of carbonyl (C=O) groups is 1. The number of aromatic nitrogens is 1. The summed E-state index contributed by atoms with van der Waals surface area (Å²) in [7, 11) is 0. The van der Waals surface area contributed by atoms with E-state index in [1.165, 1.54) is 0 Å². The maximum absolute atomic E-state index is 12.5. The van der Waals surface area contributed by atoms with E-state index >= 15 is 0 Å². The summed E-state index contributed by atoms with van der Waals surface area (Å²) in [6.07, 6.45) is -1.64. The fourth-order valence-electron chi connectivity index (χ4n) is 0.981. The SMILES string of the molecule is CCOC(=O)c1cnc(C(F)F)c(Br)c1Br. The number of pyridine rings is 1. The lowest BCUT2D eigenvalue weighted by Crippen LogP contribution is -2.08. The van der Waals surface area contributed by atoms with Gasteiger partial charge in [0.05, 0.1) is 16.6 Å². The lowest BCUT2D eigenvalue weighted by molar-refractivity contribution is 0.0524. The van der Waals surface area contributed by atoms with Crippen molar-refractivity contribution in [2.45, 2.75) is 13.3 Å². The molecule has 1 aromatic heterocycles. The molecule has 1 aromatic rings. The largest absolute Gasteiger partial charge is 0.462 e. The minimum absolute atomic E-state index is 0.0630. The summed E-state index contributed by atoms with van der Waals surface area (Å²) < 4.78 is 29.9. The summed E-state index contributed by atoms with van der Waals surface area (Å²) in [4.78, 5) is 14.9. The average molecular weight is 359 g/mol. The van der Waals surface area contributed by atoms with Crippen LogP contribution < -0.4 is 0 Å². The molecule has 0 bridgehead atoms.